The first kappa shape index (κ1) is 16.6. The van der Waals surface area contributed by atoms with Gasteiger partial charge in [-0.2, -0.15) is 4.98 Å². The lowest BCUT2D eigenvalue weighted by Crippen LogP contribution is -2.23. The Hall–Kier alpha value is -3.22. The number of nitrogens with zero attached hydrogens (tertiary/aromatic N) is 2. The number of aromatic nitrogens is 2. The van der Waals surface area contributed by atoms with E-state index in [-0.39, 0.29) is 24.9 Å². The van der Waals surface area contributed by atoms with Gasteiger partial charge in [0.25, 0.3) is 5.91 Å². The minimum atomic E-state index is -0.342. The van der Waals surface area contributed by atoms with Crippen LogP contribution in [0.5, 0.6) is 5.75 Å². The summed E-state index contributed by atoms with van der Waals surface area (Å²) in [6.45, 7) is 1.99. The number of benzene rings is 2. The van der Waals surface area contributed by atoms with Crippen molar-refractivity contribution in [3.05, 3.63) is 77.2 Å². The molecule has 2 aromatic carbocycles. The number of nitrogens with one attached hydrogen (secondary N) is 1. The Kier molecular flexibility index (Phi) is 5.03. The summed E-state index contributed by atoms with van der Waals surface area (Å²) in [5, 5.41) is 6.49. The van der Waals surface area contributed by atoms with E-state index in [9.17, 15) is 9.18 Å². The number of rotatable bonds is 6. The van der Waals surface area contributed by atoms with Crippen molar-refractivity contribution in [1.29, 1.82) is 0 Å². The summed E-state index contributed by atoms with van der Waals surface area (Å²) in [5.41, 5.74) is 1.05. The fourth-order valence-electron chi connectivity index (χ4n) is 2.25. The maximum atomic E-state index is 13.2. The summed E-state index contributed by atoms with van der Waals surface area (Å²) < 4.78 is 23.7. The summed E-state index contributed by atoms with van der Waals surface area (Å²) in [6.07, 6.45) is 0. The molecule has 3 rings (SSSR count). The van der Waals surface area contributed by atoms with Gasteiger partial charge in [-0.15, -0.1) is 0 Å². The van der Waals surface area contributed by atoms with Crippen molar-refractivity contribution in [1.82, 2.24) is 15.5 Å². The lowest BCUT2D eigenvalue weighted by Gasteiger charge is -2.10. The van der Waals surface area contributed by atoms with Crippen molar-refractivity contribution in [3.8, 4) is 5.75 Å². The number of hydrogen-bond acceptors (Lipinski definition) is 5. The SMILES string of the molecule is Cc1nc(COc2ccccc2C(=O)NCc2cccc(F)c2)no1. The highest BCUT2D eigenvalue weighted by atomic mass is 19.1. The third-order valence-electron chi connectivity index (χ3n) is 3.40. The zero-order valence-electron chi connectivity index (χ0n) is 13.5. The zero-order valence-corrected chi connectivity index (χ0v) is 13.5. The Bertz CT molecular complexity index is 879. The molecule has 0 bridgehead atoms. The van der Waals surface area contributed by atoms with Crippen LogP contribution < -0.4 is 10.1 Å². The maximum Gasteiger partial charge on any atom is 0.255 e. The molecule has 128 valence electrons. The van der Waals surface area contributed by atoms with Gasteiger partial charge < -0.3 is 14.6 Å². The molecule has 25 heavy (non-hydrogen) atoms. The van der Waals surface area contributed by atoms with Gasteiger partial charge in [-0.3, -0.25) is 4.79 Å². The van der Waals surface area contributed by atoms with Crippen molar-refractivity contribution in [2.24, 2.45) is 0 Å². The van der Waals surface area contributed by atoms with Gasteiger partial charge in [0.1, 0.15) is 11.6 Å². The van der Waals surface area contributed by atoms with E-state index < -0.39 is 0 Å². The van der Waals surface area contributed by atoms with Gasteiger partial charge in [0, 0.05) is 13.5 Å². The molecule has 0 aliphatic heterocycles. The number of aryl methyl sites for hydroxylation is 1. The van der Waals surface area contributed by atoms with Crippen molar-refractivity contribution in [3.63, 3.8) is 0 Å². The monoisotopic (exact) mass is 341 g/mol. The first-order valence-electron chi connectivity index (χ1n) is 7.65. The van der Waals surface area contributed by atoms with E-state index in [1.165, 1.54) is 12.1 Å². The van der Waals surface area contributed by atoms with E-state index >= 15 is 0 Å². The number of halogens is 1. The highest BCUT2D eigenvalue weighted by molar-refractivity contribution is 5.96. The summed E-state index contributed by atoms with van der Waals surface area (Å²) in [4.78, 5) is 16.5. The highest BCUT2D eigenvalue weighted by Crippen LogP contribution is 2.19. The number of carbonyl (C=O) groups is 1. The fraction of sp³-hybridized carbons (Fsp3) is 0.167. The molecule has 0 radical (unpaired) electrons. The quantitative estimate of drug-likeness (QED) is 0.746. The van der Waals surface area contributed by atoms with E-state index in [0.717, 1.165) is 0 Å². The number of ether oxygens (including phenoxy) is 1. The summed E-state index contributed by atoms with van der Waals surface area (Å²) in [7, 11) is 0. The van der Waals surface area contributed by atoms with Crippen LogP contribution in [0.4, 0.5) is 4.39 Å². The normalized spacial score (nSPS) is 10.5. The largest absolute Gasteiger partial charge is 0.485 e. The molecular formula is C18H16FN3O3. The molecule has 0 spiro atoms. The predicted molar refractivity (Wildman–Crippen MR) is 87.4 cm³/mol. The second kappa shape index (κ2) is 7.57. The number of hydrogen-bond donors (Lipinski definition) is 1. The average Bonchev–Trinajstić information content (AvgIpc) is 3.03. The van der Waals surface area contributed by atoms with Crippen LogP contribution in [0.15, 0.2) is 53.1 Å². The molecule has 3 aromatic rings. The Morgan fingerprint density at radius 2 is 2.08 bits per heavy atom. The second-order valence-corrected chi connectivity index (χ2v) is 5.33. The van der Waals surface area contributed by atoms with Gasteiger partial charge in [-0.05, 0) is 29.8 Å². The lowest BCUT2D eigenvalue weighted by atomic mass is 10.1. The van der Waals surface area contributed by atoms with E-state index in [4.69, 9.17) is 9.26 Å². The van der Waals surface area contributed by atoms with Crippen LogP contribution in [0.3, 0.4) is 0 Å². The van der Waals surface area contributed by atoms with Gasteiger partial charge in [0.15, 0.2) is 6.61 Å². The van der Waals surface area contributed by atoms with E-state index in [0.29, 0.717) is 28.6 Å². The van der Waals surface area contributed by atoms with Crippen molar-refractivity contribution in [2.45, 2.75) is 20.1 Å². The minimum absolute atomic E-state index is 0.0888. The fourth-order valence-corrected chi connectivity index (χ4v) is 2.25. The zero-order chi connectivity index (χ0) is 17.6. The van der Waals surface area contributed by atoms with E-state index in [1.54, 1.807) is 43.3 Å². The smallest absolute Gasteiger partial charge is 0.255 e. The van der Waals surface area contributed by atoms with Crippen molar-refractivity contribution >= 4 is 5.91 Å². The molecule has 0 fully saturated rings. The van der Waals surface area contributed by atoms with Crippen LogP contribution in [-0.2, 0) is 13.2 Å². The molecule has 1 amide bonds. The first-order valence-corrected chi connectivity index (χ1v) is 7.65. The van der Waals surface area contributed by atoms with E-state index in [1.807, 2.05) is 0 Å². The molecule has 0 saturated heterocycles. The Morgan fingerprint density at radius 3 is 2.84 bits per heavy atom. The van der Waals surface area contributed by atoms with Crippen molar-refractivity contribution < 1.29 is 18.4 Å². The molecule has 7 heteroatoms. The molecule has 1 aromatic heterocycles. The van der Waals surface area contributed by atoms with Crippen LogP contribution in [-0.4, -0.2) is 16.0 Å². The third-order valence-corrected chi connectivity index (χ3v) is 3.40. The standard InChI is InChI=1S/C18H16FN3O3/c1-12-21-17(22-25-12)11-24-16-8-3-2-7-15(16)18(23)20-10-13-5-4-6-14(19)9-13/h2-9H,10-11H2,1H3,(H,20,23). The van der Waals surface area contributed by atoms with Crippen LogP contribution in [0.25, 0.3) is 0 Å². The Morgan fingerprint density at radius 1 is 1.24 bits per heavy atom. The maximum absolute atomic E-state index is 13.2. The molecule has 0 saturated carbocycles. The average molecular weight is 341 g/mol. The number of para-hydroxylation sites is 1. The van der Waals surface area contributed by atoms with Crippen LogP contribution >= 0.6 is 0 Å². The topological polar surface area (TPSA) is 77.2 Å². The van der Waals surface area contributed by atoms with Crippen LogP contribution in [0.1, 0.15) is 27.6 Å². The Labute approximate surface area is 143 Å². The predicted octanol–water partition coefficient (Wildman–Crippen LogP) is 3.03. The molecule has 1 N–H and O–H groups in total. The van der Waals surface area contributed by atoms with Crippen LogP contribution in [0, 0.1) is 12.7 Å². The first-order chi connectivity index (χ1) is 12.1. The van der Waals surface area contributed by atoms with Gasteiger partial charge >= 0.3 is 0 Å². The third kappa shape index (κ3) is 4.41. The Balaban J connectivity index is 1.65. The minimum Gasteiger partial charge on any atom is -0.485 e. The number of carbonyl (C=O) groups excluding carboxylic acids is 1. The van der Waals surface area contributed by atoms with Gasteiger partial charge in [0.05, 0.1) is 5.56 Å². The molecule has 0 aliphatic rings. The molecular weight excluding hydrogens is 325 g/mol. The summed E-state index contributed by atoms with van der Waals surface area (Å²) >= 11 is 0. The molecule has 6 nitrogen and oxygen atoms in total. The molecule has 1 heterocycles. The molecule has 0 unspecified atom stereocenters. The van der Waals surface area contributed by atoms with Gasteiger partial charge in [-0.1, -0.05) is 29.4 Å². The molecule has 0 atom stereocenters. The summed E-state index contributed by atoms with van der Waals surface area (Å²) in [5.74, 6) is 0.587. The van der Waals surface area contributed by atoms with E-state index in [2.05, 4.69) is 15.5 Å². The van der Waals surface area contributed by atoms with Crippen molar-refractivity contribution in [2.75, 3.05) is 0 Å². The lowest BCUT2D eigenvalue weighted by molar-refractivity contribution is 0.0946. The van der Waals surface area contributed by atoms with Gasteiger partial charge in [-0.25, -0.2) is 4.39 Å². The molecule has 0 aliphatic carbocycles. The second-order valence-electron chi connectivity index (χ2n) is 5.33. The van der Waals surface area contributed by atoms with Crippen LogP contribution in [0.2, 0.25) is 0 Å². The highest BCUT2D eigenvalue weighted by Gasteiger charge is 2.13. The number of amides is 1. The summed E-state index contributed by atoms with van der Waals surface area (Å²) in [6, 6.07) is 12.9. The van der Waals surface area contributed by atoms with Gasteiger partial charge in [0.2, 0.25) is 11.7 Å².